The highest BCUT2D eigenvalue weighted by Gasteiger charge is 2.45. The first-order chi connectivity index (χ1) is 10.00. The average Bonchev–Trinajstić information content (AvgIpc) is 3.09. The van der Waals surface area contributed by atoms with Gasteiger partial charge in [-0.25, -0.2) is 9.18 Å². The molecule has 0 aliphatic heterocycles. The Morgan fingerprint density at radius 2 is 2.19 bits per heavy atom. The summed E-state index contributed by atoms with van der Waals surface area (Å²) in [5.74, 6) is -0.232. The largest absolute Gasteiger partial charge is 0.361 e. The molecule has 3 N–H and O–H groups in total. The average molecular weight is 289 g/mol. The van der Waals surface area contributed by atoms with E-state index in [0.29, 0.717) is 6.54 Å². The first-order valence-corrected chi connectivity index (χ1v) is 7.32. The molecular weight excluding hydrogens is 269 g/mol. The number of benzene rings is 1. The van der Waals surface area contributed by atoms with E-state index in [1.54, 1.807) is 12.1 Å². The molecule has 0 radical (unpaired) electrons. The molecule has 3 rings (SSSR count). The Morgan fingerprint density at radius 1 is 1.43 bits per heavy atom. The summed E-state index contributed by atoms with van der Waals surface area (Å²) in [7, 11) is 0. The molecule has 4 nitrogen and oxygen atoms in total. The number of fused-ring (bicyclic) bond motifs is 1. The van der Waals surface area contributed by atoms with E-state index in [1.165, 1.54) is 6.07 Å². The minimum atomic E-state index is -0.232. The number of hydrogen-bond donors (Lipinski definition) is 3. The fraction of sp³-hybridized carbons (Fsp3) is 0.438. The van der Waals surface area contributed by atoms with Gasteiger partial charge in [0.25, 0.3) is 0 Å². The van der Waals surface area contributed by atoms with E-state index in [4.69, 9.17) is 0 Å². The van der Waals surface area contributed by atoms with Crippen molar-refractivity contribution in [3.63, 3.8) is 0 Å². The summed E-state index contributed by atoms with van der Waals surface area (Å²) in [4.78, 5) is 14.9. The molecule has 0 bridgehead atoms. The van der Waals surface area contributed by atoms with Gasteiger partial charge in [-0.1, -0.05) is 0 Å². The van der Waals surface area contributed by atoms with Gasteiger partial charge in [0.15, 0.2) is 0 Å². The molecular formula is C16H20FN3O. The fourth-order valence-corrected chi connectivity index (χ4v) is 2.79. The molecule has 1 aromatic carbocycles. The number of aromatic amines is 1. The molecule has 1 heterocycles. The van der Waals surface area contributed by atoms with Gasteiger partial charge in [0.05, 0.1) is 0 Å². The molecule has 1 aliphatic carbocycles. The second-order valence-electron chi connectivity index (χ2n) is 6.15. The van der Waals surface area contributed by atoms with Crippen LogP contribution in [0, 0.1) is 5.82 Å². The van der Waals surface area contributed by atoms with Crippen LogP contribution in [0.4, 0.5) is 9.18 Å². The number of aromatic nitrogens is 1. The number of H-pyrrole nitrogens is 1. The molecule has 112 valence electrons. The molecule has 1 aromatic heterocycles. The fourth-order valence-electron chi connectivity index (χ4n) is 2.79. The number of halogens is 1. The van der Waals surface area contributed by atoms with Crippen LogP contribution in [0.3, 0.4) is 0 Å². The zero-order valence-electron chi connectivity index (χ0n) is 12.3. The first-order valence-electron chi connectivity index (χ1n) is 7.32. The third-order valence-electron chi connectivity index (χ3n) is 4.08. The Hall–Kier alpha value is -2.04. The lowest BCUT2D eigenvalue weighted by molar-refractivity contribution is 0.237. The third kappa shape index (κ3) is 2.73. The summed E-state index contributed by atoms with van der Waals surface area (Å²) in [6.07, 6.45) is 3.97. The number of hydrogen-bond acceptors (Lipinski definition) is 1. The summed E-state index contributed by atoms with van der Waals surface area (Å²) in [6, 6.07) is 4.74. The second-order valence-corrected chi connectivity index (χ2v) is 6.15. The maximum atomic E-state index is 13.5. The van der Waals surface area contributed by atoms with Gasteiger partial charge in [-0.15, -0.1) is 0 Å². The number of nitrogens with one attached hydrogen (secondary N) is 3. The Balaban J connectivity index is 1.78. The van der Waals surface area contributed by atoms with Gasteiger partial charge >= 0.3 is 6.03 Å². The van der Waals surface area contributed by atoms with Crippen LogP contribution in [0.2, 0.25) is 0 Å². The first kappa shape index (κ1) is 13.9. The Bertz CT molecular complexity index is 673. The van der Waals surface area contributed by atoms with Gasteiger partial charge in [0.1, 0.15) is 5.82 Å². The van der Waals surface area contributed by atoms with Gasteiger partial charge in [0.2, 0.25) is 0 Å². The quantitative estimate of drug-likeness (QED) is 0.796. The summed E-state index contributed by atoms with van der Waals surface area (Å²) in [5, 5.41) is 6.66. The van der Waals surface area contributed by atoms with Gasteiger partial charge in [0, 0.05) is 35.1 Å². The molecule has 2 amide bonds. The van der Waals surface area contributed by atoms with Crippen LogP contribution in [0.25, 0.3) is 10.9 Å². The van der Waals surface area contributed by atoms with E-state index in [1.807, 2.05) is 20.0 Å². The normalized spacial score (nSPS) is 16.2. The van der Waals surface area contributed by atoms with Crippen molar-refractivity contribution in [2.75, 3.05) is 6.54 Å². The highest BCUT2D eigenvalue weighted by molar-refractivity contribution is 5.85. The molecule has 1 saturated carbocycles. The SMILES string of the molecule is CC(C)NC(=O)NCC1(c2c[nH]c3ccc(F)cc23)CC1. The van der Waals surface area contributed by atoms with Crippen LogP contribution in [0.15, 0.2) is 24.4 Å². The number of rotatable bonds is 4. The standard InChI is InChI=1S/C16H20FN3O/c1-10(2)20-15(21)19-9-16(5-6-16)13-8-18-14-4-3-11(17)7-12(13)14/h3-4,7-8,10,18H,5-6,9H2,1-2H3,(H2,19,20,21). The molecule has 1 fully saturated rings. The zero-order valence-corrected chi connectivity index (χ0v) is 12.3. The Kier molecular flexibility index (Phi) is 3.35. The van der Waals surface area contributed by atoms with Crippen molar-refractivity contribution < 1.29 is 9.18 Å². The van der Waals surface area contributed by atoms with Crippen LogP contribution < -0.4 is 10.6 Å². The summed E-state index contributed by atoms with van der Waals surface area (Å²) in [6.45, 7) is 4.43. The number of carbonyl (C=O) groups is 1. The molecule has 21 heavy (non-hydrogen) atoms. The van der Waals surface area contributed by atoms with Gasteiger partial charge in [-0.2, -0.15) is 0 Å². The van der Waals surface area contributed by atoms with Crippen molar-refractivity contribution >= 4 is 16.9 Å². The van der Waals surface area contributed by atoms with Crippen LogP contribution >= 0.6 is 0 Å². The molecule has 0 spiro atoms. The van der Waals surface area contributed by atoms with E-state index < -0.39 is 0 Å². The molecule has 5 heteroatoms. The van der Waals surface area contributed by atoms with E-state index in [-0.39, 0.29) is 23.3 Å². The molecule has 0 atom stereocenters. The van der Waals surface area contributed by atoms with Crippen molar-refractivity contribution in [3.05, 3.63) is 35.8 Å². The van der Waals surface area contributed by atoms with Crippen molar-refractivity contribution in [2.45, 2.75) is 38.1 Å². The maximum Gasteiger partial charge on any atom is 0.315 e. The lowest BCUT2D eigenvalue weighted by Crippen LogP contribution is -2.42. The molecule has 0 saturated heterocycles. The lowest BCUT2D eigenvalue weighted by atomic mass is 9.95. The van der Waals surface area contributed by atoms with Crippen LogP contribution in [0.5, 0.6) is 0 Å². The number of urea groups is 1. The van der Waals surface area contributed by atoms with Crippen molar-refractivity contribution in [3.8, 4) is 0 Å². The van der Waals surface area contributed by atoms with Gasteiger partial charge in [-0.05, 0) is 50.5 Å². The summed E-state index contributed by atoms with van der Waals surface area (Å²) in [5.41, 5.74) is 1.98. The van der Waals surface area contributed by atoms with E-state index in [2.05, 4.69) is 15.6 Å². The third-order valence-corrected chi connectivity index (χ3v) is 4.08. The lowest BCUT2D eigenvalue weighted by Gasteiger charge is -2.17. The topological polar surface area (TPSA) is 56.9 Å². The van der Waals surface area contributed by atoms with Crippen molar-refractivity contribution in [1.82, 2.24) is 15.6 Å². The van der Waals surface area contributed by atoms with E-state index >= 15 is 0 Å². The monoisotopic (exact) mass is 289 g/mol. The van der Waals surface area contributed by atoms with Gasteiger partial charge in [-0.3, -0.25) is 0 Å². The minimum Gasteiger partial charge on any atom is -0.361 e. The smallest absolute Gasteiger partial charge is 0.315 e. The predicted molar refractivity (Wildman–Crippen MR) is 80.8 cm³/mol. The maximum absolute atomic E-state index is 13.5. The number of amides is 2. The zero-order chi connectivity index (χ0) is 15.0. The summed E-state index contributed by atoms with van der Waals surface area (Å²) >= 11 is 0. The van der Waals surface area contributed by atoms with Crippen LogP contribution in [0.1, 0.15) is 32.3 Å². The highest BCUT2D eigenvalue weighted by Crippen LogP contribution is 2.50. The molecule has 2 aromatic rings. The van der Waals surface area contributed by atoms with Crippen molar-refractivity contribution in [2.24, 2.45) is 0 Å². The predicted octanol–water partition coefficient (Wildman–Crippen LogP) is 3.05. The number of carbonyl (C=O) groups excluding carboxylic acids is 1. The van der Waals surface area contributed by atoms with Crippen LogP contribution in [-0.2, 0) is 5.41 Å². The Morgan fingerprint density at radius 3 is 2.86 bits per heavy atom. The Labute approximate surface area is 123 Å². The van der Waals surface area contributed by atoms with Gasteiger partial charge < -0.3 is 15.6 Å². The molecule has 0 unspecified atom stereocenters. The molecule has 1 aliphatic rings. The second kappa shape index (κ2) is 5.06. The minimum absolute atomic E-state index is 0.0552. The summed E-state index contributed by atoms with van der Waals surface area (Å²) < 4.78 is 13.5. The van der Waals surface area contributed by atoms with E-state index in [0.717, 1.165) is 29.3 Å². The van der Waals surface area contributed by atoms with E-state index in [9.17, 15) is 9.18 Å². The van der Waals surface area contributed by atoms with Crippen molar-refractivity contribution in [1.29, 1.82) is 0 Å². The highest BCUT2D eigenvalue weighted by atomic mass is 19.1. The van der Waals surface area contributed by atoms with Crippen LogP contribution in [-0.4, -0.2) is 23.6 Å².